The van der Waals surface area contributed by atoms with Gasteiger partial charge in [0.05, 0.1) is 30.3 Å². The monoisotopic (exact) mass is 444 g/mol. The van der Waals surface area contributed by atoms with Crippen molar-refractivity contribution in [2.24, 2.45) is 0 Å². The minimum Gasteiger partial charge on any atom is -0.397 e. The van der Waals surface area contributed by atoms with Crippen LogP contribution in [0.2, 0.25) is 0 Å². The molecule has 8 heteroatoms. The topological polar surface area (TPSA) is 106 Å². The first kappa shape index (κ1) is 21.0. The molecule has 1 saturated heterocycles. The highest BCUT2D eigenvalue weighted by Gasteiger charge is 2.55. The number of carbonyl (C=O) groups is 2. The molecule has 2 heterocycles. The molecule has 0 aliphatic carbocycles. The van der Waals surface area contributed by atoms with Crippen LogP contribution in [0.15, 0.2) is 66.7 Å². The second-order valence-electron chi connectivity index (χ2n) is 8.00. The van der Waals surface area contributed by atoms with Crippen molar-refractivity contribution in [1.82, 2.24) is 0 Å². The molecule has 1 fully saturated rings. The number of nitrogen functional groups attached to an aromatic ring is 1. The first-order valence-electron chi connectivity index (χ1n) is 10.7. The standard InChI is InChI=1S/C25H24N4O4/c1-29-22-11-10-18(14-19(22)25(24(29)31)32-12-13-33-25)27-15-16-6-8-17(9-7-16)23(30)28-21-5-3-2-4-20(21)26/h2-11,14,27H,12-13,15,26H2,1H3,(H,28,30). The number of ether oxygens (including phenoxy) is 2. The summed E-state index contributed by atoms with van der Waals surface area (Å²) in [5.41, 5.74) is 10.9. The fourth-order valence-electron chi connectivity index (χ4n) is 4.12. The second-order valence-corrected chi connectivity index (χ2v) is 8.00. The van der Waals surface area contributed by atoms with Gasteiger partial charge in [-0.25, -0.2) is 0 Å². The number of hydrogen-bond acceptors (Lipinski definition) is 6. The number of para-hydroxylation sites is 2. The van der Waals surface area contributed by atoms with Gasteiger partial charge in [-0.15, -0.1) is 0 Å². The van der Waals surface area contributed by atoms with E-state index in [-0.39, 0.29) is 11.8 Å². The Kier molecular flexibility index (Phi) is 5.24. The number of rotatable bonds is 5. The number of nitrogens with one attached hydrogen (secondary N) is 2. The van der Waals surface area contributed by atoms with E-state index in [1.165, 1.54) is 0 Å². The second kappa shape index (κ2) is 8.23. The van der Waals surface area contributed by atoms with Crippen LogP contribution in [0.3, 0.4) is 0 Å². The van der Waals surface area contributed by atoms with Crippen LogP contribution >= 0.6 is 0 Å². The van der Waals surface area contributed by atoms with Crippen molar-refractivity contribution in [3.63, 3.8) is 0 Å². The Morgan fingerprint density at radius 3 is 2.52 bits per heavy atom. The van der Waals surface area contributed by atoms with Crippen LogP contribution in [0.25, 0.3) is 0 Å². The van der Waals surface area contributed by atoms with Crippen molar-refractivity contribution in [2.45, 2.75) is 12.3 Å². The number of hydrogen-bond donors (Lipinski definition) is 3. The smallest absolute Gasteiger partial charge is 0.292 e. The number of carbonyl (C=O) groups excluding carboxylic acids is 2. The van der Waals surface area contributed by atoms with Gasteiger partial charge in [0, 0.05) is 30.4 Å². The zero-order chi connectivity index (χ0) is 23.0. The number of likely N-dealkylation sites (N-methyl/N-ethyl adjacent to an activating group) is 1. The Morgan fingerprint density at radius 2 is 1.79 bits per heavy atom. The summed E-state index contributed by atoms with van der Waals surface area (Å²) in [6.07, 6.45) is 0. The van der Waals surface area contributed by atoms with Gasteiger partial charge in [-0.05, 0) is 48.0 Å². The van der Waals surface area contributed by atoms with Crippen LogP contribution in [0.5, 0.6) is 0 Å². The Hall–Kier alpha value is -3.88. The Morgan fingerprint density at radius 1 is 1.06 bits per heavy atom. The summed E-state index contributed by atoms with van der Waals surface area (Å²) in [7, 11) is 1.72. The molecule has 1 spiro atoms. The van der Waals surface area contributed by atoms with Crippen LogP contribution in [0, 0.1) is 0 Å². The Balaban J connectivity index is 1.26. The maximum absolute atomic E-state index is 12.7. The molecule has 4 N–H and O–H groups in total. The van der Waals surface area contributed by atoms with Gasteiger partial charge in [-0.2, -0.15) is 0 Å². The Bertz CT molecular complexity index is 1220. The van der Waals surface area contributed by atoms with Gasteiger partial charge in [0.15, 0.2) is 0 Å². The molecular formula is C25H24N4O4. The predicted octanol–water partition coefficient (Wildman–Crippen LogP) is 3.31. The lowest BCUT2D eigenvalue weighted by Gasteiger charge is -2.20. The van der Waals surface area contributed by atoms with Crippen molar-refractivity contribution in [3.05, 3.63) is 83.4 Å². The highest BCUT2D eigenvalue weighted by atomic mass is 16.7. The third-order valence-corrected chi connectivity index (χ3v) is 5.91. The quantitative estimate of drug-likeness (QED) is 0.522. The third-order valence-electron chi connectivity index (χ3n) is 5.91. The summed E-state index contributed by atoms with van der Waals surface area (Å²) in [4.78, 5) is 26.8. The molecule has 33 heavy (non-hydrogen) atoms. The summed E-state index contributed by atoms with van der Waals surface area (Å²) in [6.45, 7) is 1.31. The van der Waals surface area contributed by atoms with Crippen LogP contribution in [-0.4, -0.2) is 32.1 Å². The number of fused-ring (bicyclic) bond motifs is 2. The lowest BCUT2D eigenvalue weighted by molar-refractivity contribution is -0.180. The van der Waals surface area contributed by atoms with Gasteiger partial charge < -0.3 is 30.7 Å². The van der Waals surface area contributed by atoms with Gasteiger partial charge in [0.1, 0.15) is 0 Å². The van der Waals surface area contributed by atoms with E-state index in [1.54, 1.807) is 36.2 Å². The van der Waals surface area contributed by atoms with Crippen molar-refractivity contribution >= 4 is 34.6 Å². The minimum absolute atomic E-state index is 0.210. The molecule has 2 aliphatic heterocycles. The SMILES string of the molecule is CN1C(=O)C2(OCCO2)c2cc(NCc3ccc(C(=O)Nc4ccccc4N)cc3)ccc21. The minimum atomic E-state index is -1.33. The van der Waals surface area contributed by atoms with E-state index < -0.39 is 5.79 Å². The first-order valence-corrected chi connectivity index (χ1v) is 10.7. The zero-order valence-corrected chi connectivity index (χ0v) is 18.1. The van der Waals surface area contributed by atoms with Gasteiger partial charge in [0.2, 0.25) is 0 Å². The van der Waals surface area contributed by atoms with Gasteiger partial charge in [-0.1, -0.05) is 24.3 Å². The molecule has 0 unspecified atom stereocenters. The fraction of sp³-hybridized carbons (Fsp3) is 0.200. The van der Waals surface area contributed by atoms with Gasteiger partial charge in [-0.3, -0.25) is 9.59 Å². The molecule has 0 saturated carbocycles. The Labute approximate surface area is 191 Å². The van der Waals surface area contributed by atoms with Gasteiger partial charge in [0.25, 0.3) is 17.6 Å². The summed E-state index contributed by atoms with van der Waals surface area (Å²) < 4.78 is 11.5. The van der Waals surface area contributed by atoms with Crippen LogP contribution in [0.4, 0.5) is 22.7 Å². The largest absolute Gasteiger partial charge is 0.397 e. The molecule has 5 rings (SSSR count). The molecule has 0 aromatic heterocycles. The van der Waals surface area contributed by atoms with Crippen LogP contribution < -0.4 is 21.3 Å². The predicted molar refractivity (Wildman–Crippen MR) is 126 cm³/mol. The summed E-state index contributed by atoms with van der Waals surface area (Å²) >= 11 is 0. The molecule has 168 valence electrons. The van der Waals surface area contributed by atoms with E-state index in [0.29, 0.717) is 42.3 Å². The summed E-state index contributed by atoms with van der Waals surface area (Å²) in [5, 5.41) is 6.19. The molecule has 8 nitrogen and oxygen atoms in total. The van der Waals surface area contributed by atoms with E-state index >= 15 is 0 Å². The van der Waals surface area contributed by atoms with Crippen molar-refractivity contribution in [1.29, 1.82) is 0 Å². The number of nitrogens with zero attached hydrogens (tertiary/aromatic N) is 1. The maximum Gasteiger partial charge on any atom is 0.292 e. The lowest BCUT2D eigenvalue weighted by Crippen LogP contribution is -2.39. The molecule has 2 amide bonds. The van der Waals surface area contributed by atoms with Crippen LogP contribution in [-0.2, 0) is 26.6 Å². The van der Waals surface area contributed by atoms with Gasteiger partial charge >= 0.3 is 0 Å². The molecule has 2 aliphatic rings. The average Bonchev–Trinajstić information content (AvgIpc) is 3.41. The molecule has 0 bridgehead atoms. The van der Waals surface area contributed by atoms with E-state index in [1.807, 2.05) is 42.5 Å². The zero-order valence-electron chi connectivity index (χ0n) is 18.1. The van der Waals surface area contributed by atoms with E-state index in [0.717, 1.165) is 16.9 Å². The van der Waals surface area contributed by atoms with Crippen LogP contribution in [0.1, 0.15) is 21.5 Å². The van der Waals surface area contributed by atoms with E-state index in [4.69, 9.17) is 15.2 Å². The van der Waals surface area contributed by atoms with E-state index in [9.17, 15) is 9.59 Å². The average molecular weight is 444 g/mol. The molecule has 3 aromatic carbocycles. The highest BCUT2D eigenvalue weighted by molar-refractivity contribution is 6.06. The van der Waals surface area contributed by atoms with Crippen molar-refractivity contribution < 1.29 is 19.1 Å². The van der Waals surface area contributed by atoms with Crippen molar-refractivity contribution in [2.75, 3.05) is 41.5 Å². The third kappa shape index (κ3) is 3.69. The number of benzene rings is 3. The molecule has 0 radical (unpaired) electrons. The number of anilines is 4. The normalized spacial score (nSPS) is 16.2. The number of amides is 2. The highest BCUT2D eigenvalue weighted by Crippen LogP contribution is 2.46. The molecule has 0 atom stereocenters. The fourth-order valence-corrected chi connectivity index (χ4v) is 4.12. The number of nitrogens with two attached hydrogens (primary N) is 1. The van der Waals surface area contributed by atoms with Crippen molar-refractivity contribution in [3.8, 4) is 0 Å². The summed E-state index contributed by atoms with van der Waals surface area (Å²) in [5.74, 6) is -1.76. The molecular weight excluding hydrogens is 420 g/mol. The lowest BCUT2D eigenvalue weighted by atomic mass is 10.1. The maximum atomic E-state index is 12.7. The summed E-state index contributed by atoms with van der Waals surface area (Å²) in [6, 6.07) is 20.2. The molecule has 3 aromatic rings. The van der Waals surface area contributed by atoms with E-state index in [2.05, 4.69) is 10.6 Å². The first-order chi connectivity index (χ1) is 16.0.